The van der Waals surface area contributed by atoms with Gasteiger partial charge in [0.25, 0.3) is 0 Å². The van der Waals surface area contributed by atoms with E-state index >= 15 is 0 Å². The predicted molar refractivity (Wildman–Crippen MR) is 106 cm³/mol. The van der Waals surface area contributed by atoms with E-state index in [1.54, 1.807) is 6.20 Å². The van der Waals surface area contributed by atoms with Gasteiger partial charge in [-0.15, -0.1) is 0 Å². The van der Waals surface area contributed by atoms with Gasteiger partial charge in [-0.2, -0.15) is 0 Å². The van der Waals surface area contributed by atoms with Crippen molar-refractivity contribution in [3.05, 3.63) is 89.6 Å². The first-order chi connectivity index (χ1) is 12.7. The molecule has 1 aromatic heterocycles. The Morgan fingerprint density at radius 2 is 1.69 bits per heavy atom. The summed E-state index contributed by atoms with van der Waals surface area (Å²) in [5.41, 5.74) is 4.18. The Balaban J connectivity index is 1.46. The highest BCUT2D eigenvalue weighted by molar-refractivity contribution is 5.92. The standard InChI is InChI=1S/C22H23N3O/c1-17-7-9-19(10-8-17)15-22(26)25-20-11-12-21(24-16-20)23-14-13-18-5-3-2-4-6-18/h2-12,16H,13-15H2,1H3,(H,23,24)(H,25,26). The number of nitrogens with one attached hydrogen (secondary N) is 2. The van der Waals surface area contributed by atoms with E-state index in [0.29, 0.717) is 12.1 Å². The van der Waals surface area contributed by atoms with Crippen molar-refractivity contribution >= 4 is 17.4 Å². The number of pyridine rings is 1. The van der Waals surface area contributed by atoms with Gasteiger partial charge < -0.3 is 10.6 Å². The normalized spacial score (nSPS) is 10.3. The summed E-state index contributed by atoms with van der Waals surface area (Å²) >= 11 is 0. The fourth-order valence-electron chi connectivity index (χ4n) is 2.65. The van der Waals surface area contributed by atoms with Crippen LogP contribution in [0.15, 0.2) is 72.9 Å². The second-order valence-corrected chi connectivity index (χ2v) is 6.31. The molecular formula is C22H23N3O. The van der Waals surface area contributed by atoms with E-state index in [0.717, 1.165) is 24.3 Å². The van der Waals surface area contributed by atoms with Crippen LogP contribution in [0.5, 0.6) is 0 Å². The molecule has 1 amide bonds. The number of carbonyl (C=O) groups is 1. The van der Waals surface area contributed by atoms with Gasteiger partial charge in [-0.1, -0.05) is 60.2 Å². The molecule has 3 rings (SSSR count). The molecule has 3 aromatic rings. The number of aromatic nitrogens is 1. The van der Waals surface area contributed by atoms with Gasteiger partial charge in [-0.25, -0.2) is 4.98 Å². The van der Waals surface area contributed by atoms with E-state index in [-0.39, 0.29) is 5.91 Å². The van der Waals surface area contributed by atoms with Gasteiger partial charge in [0.05, 0.1) is 18.3 Å². The highest BCUT2D eigenvalue weighted by Crippen LogP contribution is 2.11. The van der Waals surface area contributed by atoms with E-state index in [1.807, 2.05) is 61.5 Å². The van der Waals surface area contributed by atoms with Crippen LogP contribution in [0.25, 0.3) is 0 Å². The molecule has 0 spiro atoms. The summed E-state index contributed by atoms with van der Waals surface area (Å²) in [5.74, 6) is 0.762. The number of hydrogen-bond acceptors (Lipinski definition) is 3. The summed E-state index contributed by atoms with van der Waals surface area (Å²) in [5, 5.41) is 6.18. The number of aryl methyl sites for hydroxylation is 1. The zero-order valence-corrected chi connectivity index (χ0v) is 14.9. The minimum absolute atomic E-state index is 0.0413. The van der Waals surface area contributed by atoms with Crippen LogP contribution in [0.2, 0.25) is 0 Å². The summed E-state index contributed by atoms with van der Waals surface area (Å²) < 4.78 is 0. The second kappa shape index (κ2) is 8.81. The lowest BCUT2D eigenvalue weighted by Crippen LogP contribution is -2.14. The molecule has 26 heavy (non-hydrogen) atoms. The Morgan fingerprint density at radius 1 is 0.923 bits per heavy atom. The van der Waals surface area contributed by atoms with Crippen molar-refractivity contribution < 1.29 is 4.79 Å². The van der Waals surface area contributed by atoms with Gasteiger partial charge >= 0.3 is 0 Å². The van der Waals surface area contributed by atoms with Crippen LogP contribution in [0.1, 0.15) is 16.7 Å². The lowest BCUT2D eigenvalue weighted by molar-refractivity contribution is -0.115. The third kappa shape index (κ3) is 5.45. The molecule has 2 N–H and O–H groups in total. The van der Waals surface area contributed by atoms with Crippen LogP contribution in [0.4, 0.5) is 11.5 Å². The number of rotatable bonds is 7. The van der Waals surface area contributed by atoms with E-state index in [9.17, 15) is 4.79 Å². The average Bonchev–Trinajstić information content (AvgIpc) is 2.66. The van der Waals surface area contributed by atoms with Gasteiger partial charge in [-0.3, -0.25) is 4.79 Å². The zero-order valence-electron chi connectivity index (χ0n) is 14.9. The smallest absolute Gasteiger partial charge is 0.228 e. The molecule has 0 aliphatic rings. The molecule has 0 radical (unpaired) electrons. The molecule has 0 fully saturated rings. The molecule has 0 bridgehead atoms. The highest BCUT2D eigenvalue weighted by atomic mass is 16.1. The molecule has 0 saturated heterocycles. The molecule has 0 saturated carbocycles. The first-order valence-electron chi connectivity index (χ1n) is 8.78. The van der Waals surface area contributed by atoms with Crippen molar-refractivity contribution in [2.45, 2.75) is 19.8 Å². The van der Waals surface area contributed by atoms with Crippen LogP contribution in [-0.2, 0) is 17.6 Å². The molecule has 4 nitrogen and oxygen atoms in total. The minimum Gasteiger partial charge on any atom is -0.370 e. The maximum absolute atomic E-state index is 12.1. The second-order valence-electron chi connectivity index (χ2n) is 6.31. The Labute approximate surface area is 154 Å². The van der Waals surface area contributed by atoms with E-state index in [2.05, 4.69) is 27.8 Å². The Bertz CT molecular complexity index is 828. The van der Waals surface area contributed by atoms with Crippen LogP contribution >= 0.6 is 0 Å². The van der Waals surface area contributed by atoms with E-state index in [4.69, 9.17) is 0 Å². The monoisotopic (exact) mass is 345 g/mol. The molecule has 0 unspecified atom stereocenters. The van der Waals surface area contributed by atoms with Crippen LogP contribution < -0.4 is 10.6 Å². The number of hydrogen-bond donors (Lipinski definition) is 2. The molecular weight excluding hydrogens is 322 g/mol. The van der Waals surface area contributed by atoms with Crippen LogP contribution in [-0.4, -0.2) is 17.4 Å². The third-order valence-corrected chi connectivity index (χ3v) is 4.10. The number of nitrogens with zero attached hydrogens (tertiary/aromatic N) is 1. The fraction of sp³-hybridized carbons (Fsp3) is 0.182. The van der Waals surface area contributed by atoms with Gasteiger partial charge in [0.15, 0.2) is 0 Å². The SMILES string of the molecule is Cc1ccc(CC(=O)Nc2ccc(NCCc3ccccc3)nc2)cc1. The van der Waals surface area contributed by atoms with Crippen molar-refractivity contribution in [3.8, 4) is 0 Å². The largest absolute Gasteiger partial charge is 0.370 e. The van der Waals surface area contributed by atoms with Crippen molar-refractivity contribution in [2.24, 2.45) is 0 Å². The van der Waals surface area contributed by atoms with Crippen molar-refractivity contribution in [1.29, 1.82) is 0 Å². The maximum atomic E-state index is 12.1. The fourth-order valence-corrected chi connectivity index (χ4v) is 2.65. The Hall–Kier alpha value is -3.14. The molecule has 0 atom stereocenters. The van der Waals surface area contributed by atoms with E-state index < -0.39 is 0 Å². The van der Waals surface area contributed by atoms with Crippen LogP contribution in [0.3, 0.4) is 0 Å². The summed E-state index contributed by atoms with van der Waals surface area (Å²) in [7, 11) is 0. The zero-order chi connectivity index (χ0) is 18.2. The third-order valence-electron chi connectivity index (χ3n) is 4.10. The average molecular weight is 345 g/mol. The molecule has 4 heteroatoms. The maximum Gasteiger partial charge on any atom is 0.228 e. The number of benzene rings is 2. The first kappa shape index (κ1) is 17.7. The van der Waals surface area contributed by atoms with Crippen molar-refractivity contribution in [3.63, 3.8) is 0 Å². The van der Waals surface area contributed by atoms with Gasteiger partial charge in [-0.05, 0) is 36.6 Å². The van der Waals surface area contributed by atoms with Crippen molar-refractivity contribution in [2.75, 3.05) is 17.2 Å². The number of carbonyl (C=O) groups excluding carboxylic acids is 1. The van der Waals surface area contributed by atoms with Gasteiger partial charge in [0.1, 0.15) is 5.82 Å². The first-order valence-corrected chi connectivity index (χ1v) is 8.78. The lowest BCUT2D eigenvalue weighted by Gasteiger charge is -2.08. The number of anilines is 2. The van der Waals surface area contributed by atoms with Crippen LogP contribution in [0, 0.1) is 6.92 Å². The Kier molecular flexibility index (Phi) is 5.99. The Morgan fingerprint density at radius 3 is 2.38 bits per heavy atom. The molecule has 2 aromatic carbocycles. The number of amides is 1. The predicted octanol–water partition coefficient (Wildman–Crippen LogP) is 4.23. The van der Waals surface area contributed by atoms with E-state index in [1.165, 1.54) is 11.1 Å². The van der Waals surface area contributed by atoms with Gasteiger partial charge in [0, 0.05) is 6.54 Å². The van der Waals surface area contributed by atoms with Gasteiger partial charge in [0.2, 0.25) is 5.91 Å². The highest BCUT2D eigenvalue weighted by Gasteiger charge is 2.04. The molecule has 132 valence electrons. The summed E-state index contributed by atoms with van der Waals surface area (Å²) in [6.45, 7) is 2.85. The minimum atomic E-state index is -0.0413. The summed E-state index contributed by atoms with van der Waals surface area (Å²) in [4.78, 5) is 16.5. The lowest BCUT2D eigenvalue weighted by atomic mass is 10.1. The molecule has 1 heterocycles. The topological polar surface area (TPSA) is 54.0 Å². The summed E-state index contributed by atoms with van der Waals surface area (Å²) in [6, 6.07) is 22.1. The molecule has 0 aliphatic carbocycles. The molecule has 0 aliphatic heterocycles. The van der Waals surface area contributed by atoms with Crippen molar-refractivity contribution in [1.82, 2.24) is 4.98 Å². The quantitative estimate of drug-likeness (QED) is 0.674. The summed E-state index contributed by atoms with van der Waals surface area (Å²) in [6.07, 6.45) is 2.98.